The number of hydrogen-bond acceptors (Lipinski definition) is 2. The highest BCUT2D eigenvalue weighted by Crippen LogP contribution is 2.33. The van der Waals surface area contributed by atoms with Gasteiger partial charge in [-0.2, -0.15) is 0 Å². The van der Waals surface area contributed by atoms with Crippen molar-refractivity contribution in [2.75, 3.05) is 0 Å². The lowest BCUT2D eigenvalue weighted by Crippen LogP contribution is -1.96. The van der Waals surface area contributed by atoms with Crippen molar-refractivity contribution in [1.29, 1.82) is 0 Å². The van der Waals surface area contributed by atoms with Gasteiger partial charge >= 0.3 is 5.97 Å². The molecule has 3 nitrogen and oxygen atoms in total. The van der Waals surface area contributed by atoms with Crippen LogP contribution in [0.15, 0.2) is 54.9 Å². The first kappa shape index (κ1) is 12.6. The number of nitrogens with zero attached hydrogens (tertiary/aromatic N) is 1. The van der Waals surface area contributed by atoms with E-state index in [9.17, 15) is 4.79 Å². The van der Waals surface area contributed by atoms with Gasteiger partial charge in [-0.15, -0.1) is 0 Å². The predicted octanol–water partition coefficient (Wildman–Crippen LogP) is 4.25. The normalized spacial score (nSPS) is 10.7. The first-order valence-electron chi connectivity index (χ1n) is 6.03. The molecule has 20 heavy (non-hydrogen) atoms. The fourth-order valence-corrected chi connectivity index (χ4v) is 2.48. The van der Waals surface area contributed by atoms with Crippen molar-refractivity contribution in [2.45, 2.75) is 0 Å². The maximum atomic E-state index is 10.9. The SMILES string of the molecule is O=C(O)c1ccc(-c2cncc3ccccc23)c(Cl)c1. The van der Waals surface area contributed by atoms with Gasteiger partial charge in [0.25, 0.3) is 0 Å². The van der Waals surface area contributed by atoms with Gasteiger partial charge in [0.15, 0.2) is 0 Å². The van der Waals surface area contributed by atoms with E-state index >= 15 is 0 Å². The Bertz CT molecular complexity index is 809. The third-order valence-electron chi connectivity index (χ3n) is 3.17. The fraction of sp³-hybridized carbons (Fsp3) is 0. The smallest absolute Gasteiger partial charge is 0.335 e. The summed E-state index contributed by atoms with van der Waals surface area (Å²) in [5, 5.41) is 11.4. The van der Waals surface area contributed by atoms with Crippen LogP contribution in [0.25, 0.3) is 21.9 Å². The molecule has 3 rings (SSSR count). The van der Waals surface area contributed by atoms with Crippen LogP contribution >= 0.6 is 11.6 Å². The molecule has 0 atom stereocenters. The highest BCUT2D eigenvalue weighted by atomic mass is 35.5. The number of aromatic carboxylic acids is 1. The van der Waals surface area contributed by atoms with E-state index in [1.54, 1.807) is 24.5 Å². The lowest BCUT2D eigenvalue weighted by molar-refractivity contribution is 0.0697. The first-order valence-corrected chi connectivity index (χ1v) is 6.40. The molecule has 0 fully saturated rings. The van der Waals surface area contributed by atoms with Crippen molar-refractivity contribution < 1.29 is 9.90 Å². The monoisotopic (exact) mass is 283 g/mol. The van der Waals surface area contributed by atoms with E-state index in [0.717, 1.165) is 21.9 Å². The van der Waals surface area contributed by atoms with E-state index in [-0.39, 0.29) is 5.56 Å². The van der Waals surface area contributed by atoms with E-state index in [2.05, 4.69) is 4.98 Å². The zero-order chi connectivity index (χ0) is 14.1. The molecule has 0 saturated carbocycles. The largest absolute Gasteiger partial charge is 0.478 e. The number of carboxylic acids is 1. The Morgan fingerprint density at radius 3 is 2.60 bits per heavy atom. The molecule has 0 aliphatic rings. The lowest BCUT2D eigenvalue weighted by Gasteiger charge is -2.08. The highest BCUT2D eigenvalue weighted by Gasteiger charge is 2.11. The zero-order valence-corrected chi connectivity index (χ0v) is 11.1. The second-order valence-corrected chi connectivity index (χ2v) is 4.82. The molecular weight excluding hydrogens is 274 g/mol. The van der Waals surface area contributed by atoms with Crippen LogP contribution in [0.5, 0.6) is 0 Å². The van der Waals surface area contributed by atoms with Gasteiger partial charge in [0.2, 0.25) is 0 Å². The quantitative estimate of drug-likeness (QED) is 0.765. The number of benzene rings is 2. The van der Waals surface area contributed by atoms with Gasteiger partial charge in [-0.25, -0.2) is 4.79 Å². The summed E-state index contributed by atoms with van der Waals surface area (Å²) in [5.41, 5.74) is 1.85. The molecule has 3 aromatic rings. The second kappa shape index (κ2) is 4.94. The van der Waals surface area contributed by atoms with Gasteiger partial charge in [-0.05, 0) is 17.5 Å². The van der Waals surface area contributed by atoms with Crippen LogP contribution in [-0.4, -0.2) is 16.1 Å². The summed E-state index contributed by atoms with van der Waals surface area (Å²) in [6, 6.07) is 12.6. The van der Waals surface area contributed by atoms with Gasteiger partial charge in [-0.3, -0.25) is 4.98 Å². The molecule has 2 aromatic carbocycles. The minimum absolute atomic E-state index is 0.173. The number of pyridine rings is 1. The van der Waals surface area contributed by atoms with Crippen molar-refractivity contribution in [3.63, 3.8) is 0 Å². The summed E-state index contributed by atoms with van der Waals surface area (Å²) < 4.78 is 0. The van der Waals surface area contributed by atoms with Gasteiger partial charge in [-0.1, -0.05) is 41.9 Å². The number of halogens is 1. The average molecular weight is 284 g/mol. The summed E-state index contributed by atoms with van der Waals surface area (Å²) in [6.07, 6.45) is 3.53. The van der Waals surface area contributed by atoms with Gasteiger partial charge < -0.3 is 5.11 Å². The molecule has 1 heterocycles. The van der Waals surface area contributed by atoms with Crippen LogP contribution < -0.4 is 0 Å². The molecule has 0 amide bonds. The van der Waals surface area contributed by atoms with Gasteiger partial charge in [0.1, 0.15) is 0 Å². The third kappa shape index (κ3) is 2.12. The number of fused-ring (bicyclic) bond motifs is 1. The zero-order valence-electron chi connectivity index (χ0n) is 10.4. The van der Waals surface area contributed by atoms with Crippen molar-refractivity contribution in [2.24, 2.45) is 0 Å². The first-order chi connectivity index (χ1) is 9.66. The highest BCUT2D eigenvalue weighted by molar-refractivity contribution is 6.34. The van der Waals surface area contributed by atoms with Crippen molar-refractivity contribution in [3.8, 4) is 11.1 Å². The van der Waals surface area contributed by atoms with Crippen LogP contribution in [0, 0.1) is 0 Å². The second-order valence-electron chi connectivity index (χ2n) is 4.41. The Morgan fingerprint density at radius 2 is 1.85 bits per heavy atom. The minimum atomic E-state index is -0.991. The number of aromatic nitrogens is 1. The fourth-order valence-electron chi connectivity index (χ4n) is 2.20. The van der Waals surface area contributed by atoms with Gasteiger partial charge in [0.05, 0.1) is 5.56 Å². The standard InChI is InChI=1S/C16H10ClNO2/c17-15-7-10(16(19)20)5-6-13(15)14-9-18-8-11-3-1-2-4-12(11)14/h1-9H,(H,19,20). The Hall–Kier alpha value is -2.39. The summed E-state index contributed by atoms with van der Waals surface area (Å²) in [7, 11) is 0. The van der Waals surface area contributed by atoms with Crippen LogP contribution in [0.3, 0.4) is 0 Å². The molecule has 98 valence electrons. The summed E-state index contributed by atoms with van der Waals surface area (Å²) in [6.45, 7) is 0. The molecule has 0 radical (unpaired) electrons. The number of hydrogen-bond donors (Lipinski definition) is 1. The molecule has 0 spiro atoms. The molecule has 0 aliphatic carbocycles. The molecular formula is C16H10ClNO2. The van der Waals surface area contributed by atoms with Crippen molar-refractivity contribution in [1.82, 2.24) is 4.98 Å². The number of rotatable bonds is 2. The predicted molar refractivity (Wildman–Crippen MR) is 79.1 cm³/mol. The van der Waals surface area contributed by atoms with Crippen molar-refractivity contribution >= 4 is 28.3 Å². The topological polar surface area (TPSA) is 50.2 Å². The van der Waals surface area contributed by atoms with E-state index in [4.69, 9.17) is 16.7 Å². The van der Waals surface area contributed by atoms with E-state index < -0.39 is 5.97 Å². The Morgan fingerprint density at radius 1 is 1.05 bits per heavy atom. The molecule has 0 aliphatic heterocycles. The van der Waals surface area contributed by atoms with Gasteiger partial charge in [0, 0.05) is 33.9 Å². The Labute approximate surface area is 120 Å². The number of carbonyl (C=O) groups is 1. The van der Waals surface area contributed by atoms with Crippen LogP contribution in [0.2, 0.25) is 5.02 Å². The molecule has 0 saturated heterocycles. The van der Waals surface area contributed by atoms with E-state index in [0.29, 0.717) is 5.02 Å². The summed E-state index contributed by atoms with van der Waals surface area (Å²) >= 11 is 6.22. The molecule has 0 unspecified atom stereocenters. The number of carboxylic acid groups (broad SMARTS) is 1. The van der Waals surface area contributed by atoms with E-state index in [1.807, 2.05) is 24.3 Å². The third-order valence-corrected chi connectivity index (χ3v) is 3.49. The molecule has 1 N–H and O–H groups in total. The van der Waals surface area contributed by atoms with Crippen molar-refractivity contribution in [3.05, 3.63) is 65.4 Å². The summed E-state index contributed by atoms with van der Waals surface area (Å²) in [5.74, 6) is -0.991. The summed E-state index contributed by atoms with van der Waals surface area (Å²) in [4.78, 5) is 15.2. The van der Waals surface area contributed by atoms with Crippen LogP contribution in [0.4, 0.5) is 0 Å². The van der Waals surface area contributed by atoms with Crippen LogP contribution in [-0.2, 0) is 0 Å². The van der Waals surface area contributed by atoms with Crippen LogP contribution in [0.1, 0.15) is 10.4 Å². The van der Waals surface area contributed by atoms with E-state index in [1.165, 1.54) is 6.07 Å². The maximum absolute atomic E-state index is 10.9. The minimum Gasteiger partial charge on any atom is -0.478 e. The average Bonchev–Trinajstić information content (AvgIpc) is 2.46. The Kier molecular flexibility index (Phi) is 3.12. The molecule has 0 bridgehead atoms. The lowest BCUT2D eigenvalue weighted by atomic mass is 10.00. The Balaban J connectivity index is 2.23. The molecule has 1 aromatic heterocycles. The maximum Gasteiger partial charge on any atom is 0.335 e. The molecule has 4 heteroatoms.